The maximum Gasteiger partial charge on any atom is 0.234 e. The van der Waals surface area contributed by atoms with E-state index >= 15 is 0 Å². The summed E-state index contributed by atoms with van der Waals surface area (Å²) >= 11 is 0. The van der Waals surface area contributed by atoms with Crippen LogP contribution in [0.4, 0.5) is 5.69 Å². The highest BCUT2D eigenvalue weighted by molar-refractivity contribution is 6.07. The Morgan fingerprint density at radius 2 is 2.28 bits per heavy atom. The van der Waals surface area contributed by atoms with Gasteiger partial charge in [-0.05, 0) is 32.4 Å². The van der Waals surface area contributed by atoms with Crippen molar-refractivity contribution in [2.24, 2.45) is 0 Å². The van der Waals surface area contributed by atoms with E-state index < -0.39 is 5.41 Å². The minimum absolute atomic E-state index is 0.00467. The largest absolute Gasteiger partial charge is 0.492 e. The molecule has 0 aromatic heterocycles. The van der Waals surface area contributed by atoms with Crippen LogP contribution in [0.25, 0.3) is 0 Å². The molecule has 3 rings (SSSR count). The van der Waals surface area contributed by atoms with E-state index in [0.717, 1.165) is 28.1 Å². The molecule has 0 spiro atoms. The van der Waals surface area contributed by atoms with Gasteiger partial charge in [0.25, 0.3) is 0 Å². The lowest BCUT2D eigenvalue weighted by Crippen LogP contribution is -2.27. The maximum absolute atomic E-state index is 12.0. The van der Waals surface area contributed by atoms with Gasteiger partial charge in [0.15, 0.2) is 0 Å². The van der Waals surface area contributed by atoms with Gasteiger partial charge >= 0.3 is 0 Å². The van der Waals surface area contributed by atoms with Crippen LogP contribution >= 0.6 is 0 Å². The first-order valence-electron chi connectivity index (χ1n) is 6.20. The molecule has 0 saturated carbocycles. The molecule has 0 aliphatic carbocycles. The van der Waals surface area contributed by atoms with E-state index in [4.69, 9.17) is 4.74 Å². The normalized spacial score (nSPS) is 23.3. The predicted octanol–water partition coefficient (Wildman–Crippen LogP) is 1.69. The van der Waals surface area contributed by atoms with E-state index in [9.17, 15) is 9.90 Å². The third-order valence-electron chi connectivity index (χ3n) is 4.03. The number of ether oxygens (including phenoxy) is 1. The monoisotopic (exact) mass is 247 g/mol. The van der Waals surface area contributed by atoms with Gasteiger partial charge in [-0.3, -0.25) is 4.79 Å². The topological polar surface area (TPSA) is 58.6 Å². The van der Waals surface area contributed by atoms with Gasteiger partial charge in [-0.15, -0.1) is 0 Å². The molecule has 2 aliphatic heterocycles. The molecule has 2 heterocycles. The van der Waals surface area contributed by atoms with Crippen LogP contribution in [0.2, 0.25) is 0 Å². The van der Waals surface area contributed by atoms with Crippen LogP contribution in [0.1, 0.15) is 36.5 Å². The molecule has 0 radical (unpaired) electrons. The van der Waals surface area contributed by atoms with Crippen molar-refractivity contribution in [2.45, 2.75) is 32.1 Å². The van der Waals surface area contributed by atoms with Gasteiger partial charge in [0.2, 0.25) is 5.91 Å². The number of rotatable bonds is 1. The first-order chi connectivity index (χ1) is 8.46. The number of aliphatic hydroxyl groups is 1. The standard InChI is InChI=1S/C14H17NO3/c1-7-4-9-8(5-16)6-18-12(9)10-11(7)15-13(17)14(10,2)3/h4,8,16H,5-6H2,1-3H3,(H,15,17). The molecule has 18 heavy (non-hydrogen) atoms. The highest BCUT2D eigenvalue weighted by atomic mass is 16.5. The number of amides is 1. The third-order valence-corrected chi connectivity index (χ3v) is 4.03. The lowest BCUT2D eigenvalue weighted by molar-refractivity contribution is -0.119. The third kappa shape index (κ3) is 1.27. The Labute approximate surface area is 106 Å². The van der Waals surface area contributed by atoms with Crippen molar-refractivity contribution in [3.05, 3.63) is 22.8 Å². The molecular formula is C14H17NO3. The summed E-state index contributed by atoms with van der Waals surface area (Å²) < 4.78 is 5.73. The number of aliphatic hydroxyl groups excluding tert-OH is 1. The Morgan fingerprint density at radius 3 is 2.94 bits per heavy atom. The average molecular weight is 247 g/mol. The Bertz CT molecular complexity index is 548. The number of fused-ring (bicyclic) bond motifs is 3. The van der Waals surface area contributed by atoms with Crippen molar-refractivity contribution in [3.8, 4) is 5.75 Å². The number of carbonyl (C=O) groups excluding carboxylic acids is 1. The molecule has 0 saturated heterocycles. The maximum atomic E-state index is 12.0. The second kappa shape index (κ2) is 3.48. The van der Waals surface area contributed by atoms with Crippen molar-refractivity contribution in [3.63, 3.8) is 0 Å². The fourth-order valence-electron chi connectivity index (χ4n) is 2.85. The van der Waals surface area contributed by atoms with Gasteiger partial charge in [0, 0.05) is 17.0 Å². The SMILES string of the molecule is Cc1cc2c(c3c1NC(=O)C3(C)C)OCC2CO. The summed E-state index contributed by atoms with van der Waals surface area (Å²) in [7, 11) is 0. The lowest BCUT2D eigenvalue weighted by atomic mass is 9.82. The average Bonchev–Trinajstić information content (AvgIpc) is 2.80. The minimum atomic E-state index is -0.574. The second-order valence-corrected chi connectivity index (χ2v) is 5.63. The number of carbonyl (C=O) groups is 1. The number of nitrogens with one attached hydrogen (secondary N) is 1. The van der Waals surface area contributed by atoms with E-state index in [1.54, 1.807) is 0 Å². The molecule has 2 aliphatic rings. The molecule has 1 atom stereocenters. The quantitative estimate of drug-likeness (QED) is 0.794. The molecule has 4 heteroatoms. The Hall–Kier alpha value is -1.55. The second-order valence-electron chi connectivity index (χ2n) is 5.63. The first kappa shape index (κ1) is 11.5. The minimum Gasteiger partial charge on any atom is -0.492 e. The molecule has 1 aromatic rings. The molecule has 2 N–H and O–H groups in total. The van der Waals surface area contributed by atoms with Gasteiger partial charge in [-0.25, -0.2) is 0 Å². The lowest BCUT2D eigenvalue weighted by Gasteiger charge is -2.18. The number of aryl methyl sites for hydroxylation is 1. The van der Waals surface area contributed by atoms with Crippen LogP contribution < -0.4 is 10.1 Å². The van der Waals surface area contributed by atoms with Gasteiger partial charge in [0.05, 0.1) is 24.3 Å². The van der Waals surface area contributed by atoms with Crippen molar-refractivity contribution in [2.75, 3.05) is 18.5 Å². The van der Waals surface area contributed by atoms with Crippen molar-refractivity contribution >= 4 is 11.6 Å². The highest BCUT2D eigenvalue weighted by Crippen LogP contribution is 2.50. The van der Waals surface area contributed by atoms with E-state index in [1.165, 1.54) is 0 Å². The summed E-state index contributed by atoms with van der Waals surface area (Å²) in [6.07, 6.45) is 0. The van der Waals surface area contributed by atoms with E-state index in [-0.39, 0.29) is 18.4 Å². The van der Waals surface area contributed by atoms with E-state index in [0.29, 0.717) is 6.61 Å². The molecule has 0 fully saturated rings. The molecular weight excluding hydrogens is 230 g/mol. The molecule has 1 aromatic carbocycles. The Morgan fingerprint density at radius 1 is 1.56 bits per heavy atom. The number of hydrogen-bond acceptors (Lipinski definition) is 3. The summed E-state index contributed by atoms with van der Waals surface area (Å²) in [5.41, 5.74) is 3.31. The fourth-order valence-corrected chi connectivity index (χ4v) is 2.85. The van der Waals surface area contributed by atoms with Crippen molar-refractivity contribution in [1.82, 2.24) is 0 Å². The Balaban J connectivity index is 2.28. The van der Waals surface area contributed by atoms with Crippen LogP contribution in [-0.2, 0) is 10.2 Å². The van der Waals surface area contributed by atoms with Crippen LogP contribution in [-0.4, -0.2) is 24.2 Å². The number of anilines is 1. The van der Waals surface area contributed by atoms with Gasteiger partial charge in [0.1, 0.15) is 5.75 Å². The van der Waals surface area contributed by atoms with Gasteiger partial charge in [-0.2, -0.15) is 0 Å². The zero-order valence-electron chi connectivity index (χ0n) is 10.8. The van der Waals surface area contributed by atoms with Crippen LogP contribution in [0.15, 0.2) is 6.07 Å². The fraction of sp³-hybridized carbons (Fsp3) is 0.500. The van der Waals surface area contributed by atoms with Crippen LogP contribution in [0.5, 0.6) is 5.75 Å². The van der Waals surface area contributed by atoms with Crippen molar-refractivity contribution in [1.29, 1.82) is 0 Å². The van der Waals surface area contributed by atoms with Gasteiger partial charge in [-0.1, -0.05) is 0 Å². The number of hydrogen-bond donors (Lipinski definition) is 2. The summed E-state index contributed by atoms with van der Waals surface area (Å²) in [5.74, 6) is 0.818. The predicted molar refractivity (Wildman–Crippen MR) is 68.2 cm³/mol. The smallest absolute Gasteiger partial charge is 0.234 e. The molecule has 96 valence electrons. The summed E-state index contributed by atoms with van der Waals surface area (Å²) in [6.45, 7) is 6.36. The molecule has 4 nitrogen and oxygen atoms in total. The highest BCUT2D eigenvalue weighted by Gasteiger charge is 2.44. The Kier molecular flexibility index (Phi) is 2.23. The van der Waals surface area contributed by atoms with Crippen molar-refractivity contribution < 1.29 is 14.6 Å². The number of benzene rings is 1. The first-order valence-corrected chi connectivity index (χ1v) is 6.20. The zero-order chi connectivity index (χ0) is 13.1. The zero-order valence-corrected chi connectivity index (χ0v) is 10.8. The summed E-state index contributed by atoms with van der Waals surface area (Å²) in [6, 6.07) is 2.02. The van der Waals surface area contributed by atoms with Gasteiger partial charge < -0.3 is 15.2 Å². The summed E-state index contributed by atoms with van der Waals surface area (Å²) in [4.78, 5) is 12.0. The van der Waals surface area contributed by atoms with Crippen LogP contribution in [0.3, 0.4) is 0 Å². The van der Waals surface area contributed by atoms with E-state index in [2.05, 4.69) is 5.32 Å². The van der Waals surface area contributed by atoms with Crippen LogP contribution in [0, 0.1) is 6.92 Å². The molecule has 0 bridgehead atoms. The molecule has 1 amide bonds. The van der Waals surface area contributed by atoms with E-state index in [1.807, 2.05) is 26.8 Å². The molecule has 1 unspecified atom stereocenters. The summed E-state index contributed by atoms with van der Waals surface area (Å²) in [5, 5.41) is 12.3.